The van der Waals surface area contributed by atoms with Crippen LogP contribution in [0.1, 0.15) is 32.0 Å². The normalized spacial score (nSPS) is 13.4. The maximum atomic E-state index is 13.2. The second-order valence-electron chi connectivity index (χ2n) is 6.92. The van der Waals surface area contributed by atoms with Crippen molar-refractivity contribution in [3.05, 3.63) is 34.5 Å². The van der Waals surface area contributed by atoms with Crippen LogP contribution in [0.2, 0.25) is 5.02 Å². The molecule has 27 heavy (non-hydrogen) atoms. The molecule has 3 N–H and O–H groups in total. The molecule has 0 radical (unpaired) electrons. The molecule has 2 rings (SSSR count). The number of carboxylic acids is 1. The average molecular weight is 407 g/mol. The maximum absolute atomic E-state index is 13.2. The van der Waals surface area contributed by atoms with Crippen LogP contribution in [0.25, 0.3) is 10.9 Å². The molecule has 0 aliphatic carbocycles. The van der Waals surface area contributed by atoms with Crippen LogP contribution in [0.3, 0.4) is 0 Å². The fourth-order valence-corrected chi connectivity index (χ4v) is 2.68. The lowest BCUT2D eigenvalue weighted by atomic mass is 10.1. The van der Waals surface area contributed by atoms with Crippen molar-refractivity contribution in [1.82, 2.24) is 10.3 Å². The first kappa shape index (κ1) is 20.9. The van der Waals surface area contributed by atoms with Gasteiger partial charge in [0.1, 0.15) is 11.6 Å². The first-order valence-electron chi connectivity index (χ1n) is 7.87. The number of aromatic amines is 1. The molecule has 148 valence electrons. The third kappa shape index (κ3) is 5.29. The number of carbonyl (C=O) groups excluding carboxylic acids is 1. The van der Waals surface area contributed by atoms with Gasteiger partial charge in [-0.15, -0.1) is 0 Å². The quantitative estimate of drug-likeness (QED) is 0.703. The molecule has 1 unspecified atom stereocenters. The second-order valence-corrected chi connectivity index (χ2v) is 7.32. The summed E-state index contributed by atoms with van der Waals surface area (Å²) in [7, 11) is 0. The predicted molar refractivity (Wildman–Crippen MR) is 92.8 cm³/mol. The molecule has 1 heterocycles. The lowest BCUT2D eigenvalue weighted by molar-refractivity contribution is -0.139. The zero-order chi connectivity index (χ0) is 20.6. The van der Waals surface area contributed by atoms with E-state index in [1.54, 1.807) is 20.8 Å². The smallest absolute Gasteiger partial charge is 0.417 e. The number of hydrogen-bond acceptors (Lipinski definition) is 3. The molecule has 0 aliphatic heterocycles. The van der Waals surface area contributed by atoms with Crippen LogP contribution in [0, 0.1) is 0 Å². The number of halogens is 4. The summed E-state index contributed by atoms with van der Waals surface area (Å²) in [5.41, 5.74) is -1.50. The SMILES string of the molecule is CC(C)(C)OC(=O)NC(Cc1cc2c(C(F)(F)F)ccc(Cl)c2[nH]1)C(=O)O. The van der Waals surface area contributed by atoms with Crippen molar-refractivity contribution in [2.75, 3.05) is 0 Å². The number of rotatable bonds is 4. The molecule has 0 aliphatic rings. The average Bonchev–Trinajstić information content (AvgIpc) is 2.87. The maximum Gasteiger partial charge on any atom is 0.417 e. The van der Waals surface area contributed by atoms with Gasteiger partial charge in [0.15, 0.2) is 0 Å². The molecule has 1 aromatic heterocycles. The Hall–Kier alpha value is -2.42. The van der Waals surface area contributed by atoms with Gasteiger partial charge in [-0.2, -0.15) is 13.2 Å². The van der Waals surface area contributed by atoms with E-state index in [9.17, 15) is 27.9 Å². The standard InChI is InChI=1S/C17H18ClF3N2O4/c1-16(2,3)27-15(26)23-12(14(24)25)7-8-6-9-10(17(19,20)21)4-5-11(18)13(9)22-8/h4-6,12,22H,7H2,1-3H3,(H,23,26)(H,24,25). The molecule has 1 amide bonds. The second kappa shape index (κ2) is 7.30. The summed E-state index contributed by atoms with van der Waals surface area (Å²) in [5.74, 6) is -1.36. The van der Waals surface area contributed by atoms with Gasteiger partial charge in [-0.25, -0.2) is 9.59 Å². The third-order valence-corrected chi connectivity index (χ3v) is 3.83. The molecule has 6 nitrogen and oxygen atoms in total. The van der Waals surface area contributed by atoms with Crippen LogP contribution in [0.4, 0.5) is 18.0 Å². The summed E-state index contributed by atoms with van der Waals surface area (Å²) >= 11 is 5.94. The van der Waals surface area contributed by atoms with E-state index in [0.29, 0.717) is 0 Å². The van der Waals surface area contributed by atoms with E-state index in [4.69, 9.17) is 16.3 Å². The van der Waals surface area contributed by atoms with Crippen LogP contribution < -0.4 is 5.32 Å². The van der Waals surface area contributed by atoms with E-state index >= 15 is 0 Å². The van der Waals surface area contributed by atoms with Crippen LogP contribution >= 0.6 is 11.6 Å². The summed E-state index contributed by atoms with van der Waals surface area (Å²) < 4.78 is 44.5. The molecule has 0 bridgehead atoms. The molecule has 0 spiro atoms. The highest BCUT2D eigenvalue weighted by Crippen LogP contribution is 2.37. The lowest BCUT2D eigenvalue weighted by Gasteiger charge is -2.21. The minimum absolute atomic E-state index is 0.0444. The fraction of sp³-hybridized carbons (Fsp3) is 0.412. The highest BCUT2D eigenvalue weighted by molar-refractivity contribution is 6.35. The molecule has 1 atom stereocenters. The number of amides is 1. The molecule has 0 saturated carbocycles. The zero-order valence-electron chi connectivity index (χ0n) is 14.7. The molecular formula is C17H18ClF3N2O4. The number of carboxylic acid groups (broad SMARTS) is 1. The number of alkyl carbamates (subject to hydrolysis) is 1. The number of aliphatic carboxylic acids is 1. The minimum atomic E-state index is -4.59. The van der Waals surface area contributed by atoms with Gasteiger partial charge in [0.05, 0.1) is 16.1 Å². The Morgan fingerprint density at radius 2 is 1.93 bits per heavy atom. The van der Waals surface area contributed by atoms with Crippen molar-refractivity contribution >= 4 is 34.6 Å². The fourth-order valence-electron chi connectivity index (χ4n) is 2.47. The van der Waals surface area contributed by atoms with Crippen LogP contribution in [0.15, 0.2) is 18.2 Å². The number of H-pyrrole nitrogens is 1. The van der Waals surface area contributed by atoms with Gasteiger partial charge in [-0.05, 0) is 39.0 Å². The first-order chi connectivity index (χ1) is 12.3. The summed E-state index contributed by atoms with van der Waals surface area (Å²) in [4.78, 5) is 25.9. The summed E-state index contributed by atoms with van der Waals surface area (Å²) in [6.45, 7) is 4.84. The summed E-state index contributed by atoms with van der Waals surface area (Å²) in [6.07, 6.45) is -5.82. The number of carbonyl (C=O) groups is 2. The van der Waals surface area contributed by atoms with E-state index in [-0.39, 0.29) is 28.0 Å². The highest BCUT2D eigenvalue weighted by atomic mass is 35.5. The summed E-state index contributed by atoms with van der Waals surface area (Å²) in [6, 6.07) is 1.74. The molecule has 0 fully saturated rings. The van der Waals surface area contributed by atoms with Crippen molar-refractivity contribution in [2.45, 2.75) is 45.0 Å². The number of ether oxygens (including phenoxy) is 1. The van der Waals surface area contributed by atoms with Crippen molar-refractivity contribution in [2.24, 2.45) is 0 Å². The van der Waals surface area contributed by atoms with Gasteiger partial charge in [-0.1, -0.05) is 11.6 Å². The summed E-state index contributed by atoms with van der Waals surface area (Å²) in [5, 5.41) is 11.4. The van der Waals surface area contributed by atoms with Crippen molar-refractivity contribution in [3.63, 3.8) is 0 Å². The number of alkyl halides is 3. The Labute approximate surface area is 157 Å². The largest absolute Gasteiger partial charge is 0.480 e. The van der Waals surface area contributed by atoms with E-state index in [1.807, 2.05) is 0 Å². The number of fused-ring (bicyclic) bond motifs is 1. The Morgan fingerprint density at radius 1 is 1.30 bits per heavy atom. The number of nitrogens with one attached hydrogen (secondary N) is 2. The predicted octanol–water partition coefficient (Wildman–Crippen LogP) is 4.36. The number of aromatic nitrogens is 1. The molecule has 1 aromatic carbocycles. The number of benzene rings is 1. The molecule has 10 heteroatoms. The van der Waals surface area contributed by atoms with Crippen molar-refractivity contribution in [3.8, 4) is 0 Å². The minimum Gasteiger partial charge on any atom is -0.480 e. The highest BCUT2D eigenvalue weighted by Gasteiger charge is 2.34. The van der Waals surface area contributed by atoms with Gasteiger partial charge in [0, 0.05) is 17.5 Å². The van der Waals surface area contributed by atoms with E-state index in [2.05, 4.69) is 10.3 Å². The molecular weight excluding hydrogens is 389 g/mol. The van der Waals surface area contributed by atoms with E-state index in [0.717, 1.165) is 12.1 Å². The van der Waals surface area contributed by atoms with Gasteiger partial charge >= 0.3 is 18.2 Å². The molecule has 2 aromatic rings. The van der Waals surface area contributed by atoms with E-state index in [1.165, 1.54) is 6.07 Å². The molecule has 0 saturated heterocycles. The Bertz CT molecular complexity index is 871. The van der Waals surface area contributed by atoms with Gasteiger partial charge in [0.2, 0.25) is 0 Å². The number of hydrogen-bond donors (Lipinski definition) is 3. The van der Waals surface area contributed by atoms with Crippen molar-refractivity contribution < 1.29 is 32.6 Å². The topological polar surface area (TPSA) is 91.4 Å². The van der Waals surface area contributed by atoms with Crippen LogP contribution in [-0.4, -0.2) is 33.8 Å². The Kier molecular flexibility index (Phi) is 5.65. The first-order valence-corrected chi connectivity index (χ1v) is 8.25. The van der Waals surface area contributed by atoms with Crippen LogP contribution in [-0.2, 0) is 22.1 Å². The van der Waals surface area contributed by atoms with Gasteiger partial charge < -0.3 is 20.1 Å². The van der Waals surface area contributed by atoms with Crippen molar-refractivity contribution in [1.29, 1.82) is 0 Å². The zero-order valence-corrected chi connectivity index (χ0v) is 15.5. The Balaban J connectivity index is 2.31. The van der Waals surface area contributed by atoms with Gasteiger partial charge in [-0.3, -0.25) is 0 Å². The van der Waals surface area contributed by atoms with E-state index < -0.39 is 35.4 Å². The Morgan fingerprint density at radius 3 is 2.44 bits per heavy atom. The third-order valence-electron chi connectivity index (χ3n) is 3.52. The lowest BCUT2D eigenvalue weighted by Crippen LogP contribution is -2.44. The van der Waals surface area contributed by atoms with Gasteiger partial charge in [0.25, 0.3) is 0 Å². The monoisotopic (exact) mass is 406 g/mol. The van der Waals surface area contributed by atoms with Crippen LogP contribution in [0.5, 0.6) is 0 Å².